The first-order chi connectivity index (χ1) is 9.76. The van der Waals surface area contributed by atoms with Crippen molar-refractivity contribution in [2.75, 3.05) is 13.1 Å². The van der Waals surface area contributed by atoms with Gasteiger partial charge in [-0.2, -0.15) is 0 Å². The number of amides is 1. The lowest BCUT2D eigenvalue weighted by molar-refractivity contribution is -0.00151. The smallest absolute Gasteiger partial charge is 0.410 e. The number of piperidine rings is 1. The maximum Gasteiger partial charge on any atom is 0.410 e. The predicted molar refractivity (Wildman–Crippen MR) is 82.4 cm³/mol. The van der Waals surface area contributed by atoms with Crippen LogP contribution >= 0.6 is 0 Å². The molecule has 21 heavy (non-hydrogen) atoms. The number of aliphatic hydroxyl groups excluding tert-OH is 1. The number of rotatable bonds is 1. The summed E-state index contributed by atoms with van der Waals surface area (Å²) in [4.78, 5) is 13.6. The number of carbonyl (C=O) groups is 1. The lowest BCUT2D eigenvalue weighted by Gasteiger charge is -2.36. The summed E-state index contributed by atoms with van der Waals surface area (Å²) in [6.07, 6.45) is -0.137. The number of likely N-dealkylation sites (tertiary alicyclic amines) is 1. The normalized spacial score (nSPS) is 23.0. The highest BCUT2D eigenvalue weighted by molar-refractivity contribution is 5.68. The number of aliphatic hydroxyl groups is 1. The molecule has 1 aromatic rings. The minimum Gasteiger partial charge on any atom is -0.444 e. The Hall–Kier alpha value is -1.55. The molecule has 2 rings (SSSR count). The number of benzene rings is 1. The Morgan fingerprint density at radius 1 is 1.29 bits per heavy atom. The maximum absolute atomic E-state index is 12.0. The van der Waals surface area contributed by atoms with Crippen molar-refractivity contribution in [2.24, 2.45) is 0 Å². The average molecular weight is 291 g/mol. The summed E-state index contributed by atoms with van der Waals surface area (Å²) in [6, 6.07) is 8.24. The van der Waals surface area contributed by atoms with E-state index < -0.39 is 11.7 Å². The minimum atomic E-state index is -0.547. The Kier molecular flexibility index (Phi) is 4.57. The summed E-state index contributed by atoms with van der Waals surface area (Å²) < 4.78 is 5.36. The van der Waals surface area contributed by atoms with Crippen LogP contribution in [0.4, 0.5) is 4.79 Å². The second-order valence-corrected chi connectivity index (χ2v) is 6.80. The van der Waals surface area contributed by atoms with Gasteiger partial charge < -0.3 is 14.7 Å². The summed E-state index contributed by atoms with van der Waals surface area (Å²) in [5, 5.41) is 10.4. The molecule has 1 heterocycles. The largest absolute Gasteiger partial charge is 0.444 e. The molecular weight excluding hydrogens is 266 g/mol. The van der Waals surface area contributed by atoms with Crippen LogP contribution in [0.25, 0.3) is 0 Å². The van der Waals surface area contributed by atoms with Crippen LogP contribution in [0, 0.1) is 6.92 Å². The topological polar surface area (TPSA) is 49.8 Å². The van der Waals surface area contributed by atoms with E-state index in [-0.39, 0.29) is 12.0 Å². The van der Waals surface area contributed by atoms with Crippen LogP contribution in [0.1, 0.15) is 44.2 Å². The molecule has 0 bridgehead atoms. The van der Waals surface area contributed by atoms with E-state index in [4.69, 9.17) is 4.74 Å². The van der Waals surface area contributed by atoms with Crippen molar-refractivity contribution in [2.45, 2.75) is 51.7 Å². The monoisotopic (exact) mass is 291 g/mol. The molecule has 0 aliphatic carbocycles. The molecule has 0 saturated carbocycles. The second kappa shape index (κ2) is 6.06. The molecule has 0 unspecified atom stereocenters. The molecule has 1 fully saturated rings. The van der Waals surface area contributed by atoms with Crippen molar-refractivity contribution >= 4 is 6.09 Å². The van der Waals surface area contributed by atoms with Crippen molar-refractivity contribution in [1.29, 1.82) is 0 Å². The van der Waals surface area contributed by atoms with E-state index in [1.807, 2.05) is 27.7 Å². The van der Waals surface area contributed by atoms with Gasteiger partial charge in [-0.15, -0.1) is 0 Å². The first kappa shape index (κ1) is 15.8. The van der Waals surface area contributed by atoms with Gasteiger partial charge in [0.25, 0.3) is 0 Å². The van der Waals surface area contributed by atoms with Crippen molar-refractivity contribution in [3.63, 3.8) is 0 Å². The number of ether oxygens (including phenoxy) is 1. The molecule has 116 valence electrons. The van der Waals surface area contributed by atoms with Gasteiger partial charge in [0.05, 0.1) is 12.6 Å². The van der Waals surface area contributed by atoms with Gasteiger partial charge >= 0.3 is 6.09 Å². The quantitative estimate of drug-likeness (QED) is 0.865. The zero-order valence-electron chi connectivity index (χ0n) is 13.3. The van der Waals surface area contributed by atoms with Crippen molar-refractivity contribution < 1.29 is 14.6 Å². The van der Waals surface area contributed by atoms with Gasteiger partial charge in [0.15, 0.2) is 0 Å². The first-order valence-electron chi connectivity index (χ1n) is 7.49. The van der Waals surface area contributed by atoms with Crippen molar-refractivity contribution in [1.82, 2.24) is 4.90 Å². The number of hydrogen-bond acceptors (Lipinski definition) is 3. The lowest BCUT2D eigenvalue weighted by atomic mass is 9.87. The molecule has 1 N–H and O–H groups in total. The number of hydrogen-bond donors (Lipinski definition) is 1. The molecule has 1 amide bonds. The molecule has 4 heteroatoms. The molecule has 4 nitrogen and oxygen atoms in total. The van der Waals surface area contributed by atoms with Gasteiger partial charge in [0.1, 0.15) is 5.60 Å². The van der Waals surface area contributed by atoms with Crippen LogP contribution < -0.4 is 0 Å². The van der Waals surface area contributed by atoms with E-state index in [0.717, 1.165) is 12.0 Å². The Balaban J connectivity index is 1.99. The zero-order valence-corrected chi connectivity index (χ0v) is 13.3. The van der Waals surface area contributed by atoms with Gasteiger partial charge in [-0.05, 0) is 39.7 Å². The minimum absolute atomic E-state index is 0.0873. The second-order valence-electron chi connectivity index (χ2n) is 6.80. The highest BCUT2D eigenvalue weighted by atomic mass is 16.6. The van der Waals surface area contributed by atoms with Crippen LogP contribution in [-0.4, -0.2) is 40.9 Å². The van der Waals surface area contributed by atoms with E-state index >= 15 is 0 Å². The van der Waals surface area contributed by atoms with Crippen LogP contribution in [0.15, 0.2) is 24.3 Å². The molecule has 1 saturated heterocycles. The number of aryl methyl sites for hydroxylation is 1. The Morgan fingerprint density at radius 3 is 2.43 bits per heavy atom. The Labute approximate surface area is 126 Å². The zero-order chi connectivity index (χ0) is 15.6. The van der Waals surface area contributed by atoms with Gasteiger partial charge in [-0.1, -0.05) is 29.8 Å². The lowest BCUT2D eigenvalue weighted by Crippen LogP contribution is -2.47. The van der Waals surface area contributed by atoms with Gasteiger partial charge in [-0.3, -0.25) is 0 Å². The van der Waals surface area contributed by atoms with E-state index in [1.54, 1.807) is 4.90 Å². The SMILES string of the molecule is Cc1ccc([C@@H]2CCN(C(=O)OC(C)(C)C)C[C@@H]2O)cc1. The van der Waals surface area contributed by atoms with E-state index in [1.165, 1.54) is 5.56 Å². The predicted octanol–water partition coefficient (Wildman–Crippen LogP) is 3.08. The highest BCUT2D eigenvalue weighted by Crippen LogP contribution is 2.29. The van der Waals surface area contributed by atoms with E-state index in [2.05, 4.69) is 24.3 Å². The van der Waals surface area contributed by atoms with Crippen LogP contribution in [0.5, 0.6) is 0 Å². The summed E-state index contributed by atoms with van der Waals surface area (Å²) in [7, 11) is 0. The third kappa shape index (κ3) is 4.21. The fraction of sp³-hybridized carbons (Fsp3) is 0.588. The van der Waals surface area contributed by atoms with E-state index in [9.17, 15) is 9.90 Å². The van der Waals surface area contributed by atoms with Gasteiger partial charge in [-0.25, -0.2) is 4.79 Å². The standard InChI is InChI=1S/C17H25NO3/c1-12-5-7-13(8-6-12)14-9-10-18(11-15(14)19)16(20)21-17(2,3)4/h5-8,14-15,19H,9-11H2,1-4H3/t14-,15-/m0/s1. The van der Waals surface area contributed by atoms with Gasteiger partial charge in [0.2, 0.25) is 0 Å². The summed E-state index contributed by atoms with van der Waals surface area (Å²) >= 11 is 0. The number of β-amino-alcohol motifs (C(OH)–C–C–N with tert-alkyl or cyclic N) is 1. The van der Waals surface area contributed by atoms with Crippen molar-refractivity contribution in [3.05, 3.63) is 35.4 Å². The number of nitrogens with zero attached hydrogens (tertiary/aromatic N) is 1. The van der Waals surface area contributed by atoms with Crippen LogP contribution in [-0.2, 0) is 4.74 Å². The maximum atomic E-state index is 12.0. The average Bonchev–Trinajstić information content (AvgIpc) is 2.38. The van der Waals surface area contributed by atoms with E-state index in [0.29, 0.717) is 13.1 Å². The summed E-state index contributed by atoms with van der Waals surface area (Å²) in [6.45, 7) is 8.53. The van der Waals surface area contributed by atoms with Crippen LogP contribution in [0.2, 0.25) is 0 Å². The summed E-state index contributed by atoms with van der Waals surface area (Å²) in [5.74, 6) is 0.0873. The number of carbonyl (C=O) groups excluding carboxylic acids is 1. The summed E-state index contributed by atoms with van der Waals surface area (Å²) in [5.41, 5.74) is 1.84. The Bertz CT molecular complexity index is 490. The molecule has 1 aromatic carbocycles. The first-order valence-corrected chi connectivity index (χ1v) is 7.49. The molecular formula is C17H25NO3. The van der Waals surface area contributed by atoms with Crippen LogP contribution in [0.3, 0.4) is 0 Å². The Morgan fingerprint density at radius 2 is 1.90 bits per heavy atom. The molecule has 1 aliphatic heterocycles. The van der Waals surface area contributed by atoms with Gasteiger partial charge in [0, 0.05) is 12.5 Å². The molecule has 0 spiro atoms. The third-order valence-electron chi connectivity index (χ3n) is 3.74. The highest BCUT2D eigenvalue weighted by Gasteiger charge is 2.33. The molecule has 0 radical (unpaired) electrons. The fourth-order valence-corrected chi connectivity index (χ4v) is 2.63. The molecule has 0 aromatic heterocycles. The van der Waals surface area contributed by atoms with Crippen molar-refractivity contribution in [3.8, 4) is 0 Å². The third-order valence-corrected chi connectivity index (χ3v) is 3.74. The molecule has 2 atom stereocenters. The fourth-order valence-electron chi connectivity index (χ4n) is 2.63. The molecule has 1 aliphatic rings.